The lowest BCUT2D eigenvalue weighted by Gasteiger charge is -2.12. The number of primary sulfonamides is 1. The SMILES string of the molecule is Cc1ccc(C(=O)NNC(=O)COc2c(C)cccc2C)cc1S(N)(=O)=O. The normalized spacial score (nSPS) is 11.0. The molecule has 0 radical (unpaired) electrons. The minimum atomic E-state index is -3.96. The maximum absolute atomic E-state index is 12.1. The van der Waals surface area contributed by atoms with Gasteiger partial charge in [-0.25, -0.2) is 13.6 Å². The zero-order valence-corrected chi connectivity index (χ0v) is 16.0. The van der Waals surface area contributed by atoms with Crippen molar-refractivity contribution >= 4 is 21.8 Å². The van der Waals surface area contributed by atoms with Gasteiger partial charge in [-0.05, 0) is 49.6 Å². The highest BCUT2D eigenvalue weighted by atomic mass is 32.2. The van der Waals surface area contributed by atoms with E-state index >= 15 is 0 Å². The summed E-state index contributed by atoms with van der Waals surface area (Å²) in [6.45, 7) is 5.00. The predicted molar refractivity (Wildman–Crippen MR) is 99.6 cm³/mol. The van der Waals surface area contributed by atoms with Crippen LogP contribution in [0, 0.1) is 20.8 Å². The Kier molecular flexibility index (Phi) is 6.19. The van der Waals surface area contributed by atoms with Crippen LogP contribution in [-0.2, 0) is 14.8 Å². The van der Waals surface area contributed by atoms with Crippen LogP contribution in [0.3, 0.4) is 0 Å². The highest BCUT2D eigenvalue weighted by molar-refractivity contribution is 7.89. The van der Waals surface area contributed by atoms with Crippen molar-refractivity contribution < 1.29 is 22.7 Å². The second-order valence-corrected chi connectivity index (χ2v) is 7.57. The average molecular weight is 391 g/mol. The van der Waals surface area contributed by atoms with Crippen LogP contribution in [0.4, 0.5) is 0 Å². The first-order valence-corrected chi connectivity index (χ1v) is 9.56. The van der Waals surface area contributed by atoms with E-state index in [2.05, 4.69) is 10.9 Å². The van der Waals surface area contributed by atoms with Gasteiger partial charge in [0.1, 0.15) is 5.75 Å². The number of hydrogen-bond acceptors (Lipinski definition) is 5. The Balaban J connectivity index is 1.96. The number of ether oxygens (including phenoxy) is 1. The molecule has 0 aliphatic heterocycles. The summed E-state index contributed by atoms with van der Waals surface area (Å²) in [5, 5.41) is 5.12. The number of sulfonamides is 1. The molecule has 27 heavy (non-hydrogen) atoms. The van der Waals surface area contributed by atoms with Crippen molar-refractivity contribution in [2.24, 2.45) is 5.14 Å². The molecule has 0 aromatic heterocycles. The van der Waals surface area contributed by atoms with Gasteiger partial charge in [-0.15, -0.1) is 0 Å². The highest BCUT2D eigenvalue weighted by Crippen LogP contribution is 2.22. The fraction of sp³-hybridized carbons (Fsp3) is 0.222. The third-order valence-electron chi connectivity index (χ3n) is 3.83. The standard InChI is InChI=1S/C18H21N3O5S/c1-11-7-8-14(9-15(11)27(19,24)25)18(23)21-20-16(22)10-26-17-12(2)5-4-6-13(17)3/h4-9H,10H2,1-3H3,(H,20,22)(H,21,23)(H2,19,24,25). The molecule has 2 aromatic carbocycles. The Hall–Kier alpha value is -2.91. The summed E-state index contributed by atoms with van der Waals surface area (Å²) in [5.41, 5.74) is 6.67. The number of nitrogens with two attached hydrogens (primary N) is 1. The summed E-state index contributed by atoms with van der Waals surface area (Å²) in [6, 6.07) is 9.65. The number of carbonyl (C=O) groups is 2. The van der Waals surface area contributed by atoms with Crippen LogP contribution >= 0.6 is 0 Å². The van der Waals surface area contributed by atoms with E-state index in [-0.39, 0.29) is 17.1 Å². The van der Waals surface area contributed by atoms with E-state index in [4.69, 9.17) is 9.88 Å². The number of amides is 2. The molecule has 144 valence electrons. The van der Waals surface area contributed by atoms with E-state index in [9.17, 15) is 18.0 Å². The first-order valence-electron chi connectivity index (χ1n) is 8.01. The van der Waals surface area contributed by atoms with E-state index in [1.807, 2.05) is 32.0 Å². The predicted octanol–water partition coefficient (Wildman–Crippen LogP) is 1.10. The third kappa shape index (κ3) is 5.28. The molecule has 0 saturated carbocycles. The molecule has 9 heteroatoms. The lowest BCUT2D eigenvalue weighted by atomic mass is 10.1. The first kappa shape index (κ1) is 20.4. The summed E-state index contributed by atoms with van der Waals surface area (Å²) >= 11 is 0. The van der Waals surface area contributed by atoms with Crippen molar-refractivity contribution in [1.29, 1.82) is 0 Å². The van der Waals surface area contributed by atoms with Crippen molar-refractivity contribution in [3.8, 4) is 5.75 Å². The maximum atomic E-state index is 12.1. The molecule has 2 amide bonds. The summed E-state index contributed by atoms with van der Waals surface area (Å²) in [4.78, 5) is 23.9. The van der Waals surface area contributed by atoms with E-state index in [1.165, 1.54) is 12.1 Å². The van der Waals surface area contributed by atoms with Crippen LogP contribution in [0.2, 0.25) is 0 Å². The second kappa shape index (κ2) is 8.19. The van der Waals surface area contributed by atoms with Crippen LogP contribution < -0.4 is 20.7 Å². The number of para-hydroxylation sites is 1. The number of aryl methyl sites for hydroxylation is 3. The van der Waals surface area contributed by atoms with E-state index in [0.29, 0.717) is 11.3 Å². The molecule has 0 aliphatic carbocycles. The molecule has 4 N–H and O–H groups in total. The summed E-state index contributed by atoms with van der Waals surface area (Å²) in [6.07, 6.45) is 0. The molecule has 0 unspecified atom stereocenters. The maximum Gasteiger partial charge on any atom is 0.276 e. The fourth-order valence-corrected chi connectivity index (χ4v) is 3.26. The highest BCUT2D eigenvalue weighted by Gasteiger charge is 2.16. The Labute approximate surface area is 157 Å². The molecule has 0 saturated heterocycles. The van der Waals surface area contributed by atoms with Gasteiger partial charge in [-0.2, -0.15) is 0 Å². The molecule has 0 atom stereocenters. The van der Waals surface area contributed by atoms with Gasteiger partial charge < -0.3 is 4.74 Å². The number of hydrogen-bond donors (Lipinski definition) is 3. The van der Waals surface area contributed by atoms with Gasteiger partial charge in [0.25, 0.3) is 11.8 Å². The number of rotatable bonds is 5. The minimum absolute atomic E-state index is 0.0422. The summed E-state index contributed by atoms with van der Waals surface area (Å²) in [7, 11) is -3.96. The summed E-state index contributed by atoms with van der Waals surface area (Å²) < 4.78 is 28.5. The second-order valence-electron chi connectivity index (χ2n) is 6.04. The minimum Gasteiger partial charge on any atom is -0.483 e. The van der Waals surface area contributed by atoms with Crippen molar-refractivity contribution in [3.05, 3.63) is 58.7 Å². The molecule has 0 spiro atoms. The van der Waals surface area contributed by atoms with Crippen LogP contribution in [0.1, 0.15) is 27.0 Å². The molecule has 2 aromatic rings. The average Bonchev–Trinajstić information content (AvgIpc) is 2.58. The number of benzene rings is 2. The topological polar surface area (TPSA) is 128 Å². The number of carbonyl (C=O) groups excluding carboxylic acids is 2. The molecule has 8 nitrogen and oxygen atoms in total. The van der Waals surface area contributed by atoms with Gasteiger partial charge in [0.15, 0.2) is 6.61 Å². The molecule has 2 rings (SSSR count). The zero-order chi connectivity index (χ0) is 20.2. The van der Waals surface area contributed by atoms with Crippen molar-refractivity contribution in [2.75, 3.05) is 6.61 Å². The van der Waals surface area contributed by atoms with Crippen LogP contribution in [-0.4, -0.2) is 26.8 Å². The Morgan fingerprint density at radius 3 is 2.22 bits per heavy atom. The smallest absolute Gasteiger partial charge is 0.276 e. The largest absolute Gasteiger partial charge is 0.483 e. The molecule has 0 aliphatic rings. The van der Waals surface area contributed by atoms with Gasteiger partial charge >= 0.3 is 0 Å². The zero-order valence-electron chi connectivity index (χ0n) is 15.2. The van der Waals surface area contributed by atoms with Crippen molar-refractivity contribution in [3.63, 3.8) is 0 Å². The molecule has 0 fully saturated rings. The molecular formula is C18H21N3O5S. The fourth-order valence-electron chi connectivity index (χ4n) is 2.45. The van der Waals surface area contributed by atoms with Gasteiger partial charge in [0.2, 0.25) is 10.0 Å². The Bertz CT molecular complexity index is 966. The van der Waals surface area contributed by atoms with E-state index in [0.717, 1.165) is 17.2 Å². The van der Waals surface area contributed by atoms with Gasteiger partial charge in [0.05, 0.1) is 4.90 Å². The Morgan fingerprint density at radius 1 is 1.00 bits per heavy atom. The van der Waals surface area contributed by atoms with E-state index in [1.54, 1.807) is 6.92 Å². The van der Waals surface area contributed by atoms with Crippen LogP contribution in [0.25, 0.3) is 0 Å². The van der Waals surface area contributed by atoms with Crippen LogP contribution in [0.15, 0.2) is 41.3 Å². The lowest BCUT2D eigenvalue weighted by molar-refractivity contribution is -0.123. The molecule has 0 heterocycles. The Morgan fingerprint density at radius 2 is 1.63 bits per heavy atom. The first-order chi connectivity index (χ1) is 12.6. The molecule has 0 bridgehead atoms. The summed E-state index contributed by atoms with van der Waals surface area (Å²) in [5.74, 6) is -0.639. The third-order valence-corrected chi connectivity index (χ3v) is 4.88. The van der Waals surface area contributed by atoms with Crippen molar-refractivity contribution in [2.45, 2.75) is 25.7 Å². The number of nitrogens with one attached hydrogen (secondary N) is 2. The van der Waals surface area contributed by atoms with Crippen molar-refractivity contribution in [1.82, 2.24) is 10.9 Å². The van der Waals surface area contributed by atoms with Crippen LogP contribution in [0.5, 0.6) is 5.75 Å². The molecular weight excluding hydrogens is 370 g/mol. The van der Waals surface area contributed by atoms with Gasteiger partial charge in [-0.1, -0.05) is 24.3 Å². The monoisotopic (exact) mass is 391 g/mol. The number of hydrazine groups is 1. The van der Waals surface area contributed by atoms with E-state index < -0.39 is 21.8 Å². The van der Waals surface area contributed by atoms with Gasteiger partial charge in [-0.3, -0.25) is 20.4 Å². The lowest BCUT2D eigenvalue weighted by Crippen LogP contribution is -2.44. The quantitative estimate of drug-likeness (QED) is 0.658. The van der Waals surface area contributed by atoms with Gasteiger partial charge in [0, 0.05) is 5.56 Å².